The molecule has 2 unspecified atom stereocenters. The standard InChI is InChI=1S/C19H22N6O3S2/c1-11(26)20-19-25-23-17(30-19)14-8-7-12(9-14)10-15(27)22-24-18(29)21-16(28)13-5-3-2-4-6-13/h2-6,12,14H,7-10H2,1H3,(H,22,27)(H,20,25,26)(H2,21,24,28,29). The van der Waals surface area contributed by atoms with Gasteiger partial charge in [0.2, 0.25) is 16.9 Å². The molecule has 1 aromatic carbocycles. The lowest BCUT2D eigenvalue weighted by atomic mass is 10.0. The Kier molecular flexibility index (Phi) is 7.41. The summed E-state index contributed by atoms with van der Waals surface area (Å²) in [4.78, 5) is 35.3. The van der Waals surface area contributed by atoms with Crippen molar-refractivity contribution >= 4 is 51.5 Å². The molecule has 0 radical (unpaired) electrons. The molecule has 1 heterocycles. The number of hydrazine groups is 1. The van der Waals surface area contributed by atoms with Gasteiger partial charge >= 0.3 is 0 Å². The predicted molar refractivity (Wildman–Crippen MR) is 117 cm³/mol. The summed E-state index contributed by atoms with van der Waals surface area (Å²) in [5.41, 5.74) is 5.56. The van der Waals surface area contributed by atoms with Gasteiger partial charge in [0.15, 0.2) is 5.11 Å². The number of nitrogens with zero attached hydrogens (tertiary/aromatic N) is 2. The fraction of sp³-hybridized carbons (Fsp3) is 0.368. The molecule has 0 bridgehead atoms. The van der Waals surface area contributed by atoms with Crippen LogP contribution < -0.4 is 21.5 Å². The molecule has 0 saturated heterocycles. The zero-order chi connectivity index (χ0) is 21.5. The normalized spacial score (nSPS) is 17.8. The Balaban J connectivity index is 1.39. The maximum absolute atomic E-state index is 12.2. The quantitative estimate of drug-likeness (QED) is 0.409. The number of benzene rings is 1. The molecule has 3 amide bonds. The highest BCUT2D eigenvalue weighted by Gasteiger charge is 2.30. The minimum absolute atomic E-state index is 0.0286. The molecule has 0 spiro atoms. The van der Waals surface area contributed by atoms with E-state index < -0.39 is 0 Å². The molecule has 11 heteroatoms. The smallest absolute Gasteiger partial charge is 0.257 e. The molecule has 1 fully saturated rings. The van der Waals surface area contributed by atoms with E-state index in [1.165, 1.54) is 18.3 Å². The number of amides is 3. The summed E-state index contributed by atoms with van der Waals surface area (Å²) in [6.07, 6.45) is 3.00. The number of hydrogen-bond donors (Lipinski definition) is 4. The first kappa shape index (κ1) is 21.8. The van der Waals surface area contributed by atoms with Gasteiger partial charge in [-0.2, -0.15) is 0 Å². The molecule has 1 aromatic heterocycles. The molecular formula is C19H22N6O3S2. The van der Waals surface area contributed by atoms with Crippen LogP contribution in [0.2, 0.25) is 0 Å². The highest BCUT2D eigenvalue weighted by molar-refractivity contribution is 7.80. The van der Waals surface area contributed by atoms with Gasteiger partial charge in [0, 0.05) is 24.8 Å². The fourth-order valence-electron chi connectivity index (χ4n) is 3.32. The second-order valence-electron chi connectivity index (χ2n) is 7.03. The molecule has 9 nitrogen and oxygen atoms in total. The number of hydrogen-bond acceptors (Lipinski definition) is 7. The summed E-state index contributed by atoms with van der Waals surface area (Å²) in [6, 6.07) is 8.66. The Labute approximate surface area is 183 Å². The van der Waals surface area contributed by atoms with Crippen LogP contribution in [0.5, 0.6) is 0 Å². The Bertz CT molecular complexity index is 933. The van der Waals surface area contributed by atoms with E-state index in [1.54, 1.807) is 24.3 Å². The van der Waals surface area contributed by atoms with E-state index in [-0.39, 0.29) is 34.7 Å². The van der Waals surface area contributed by atoms with Crippen LogP contribution in [0.4, 0.5) is 5.13 Å². The van der Waals surface area contributed by atoms with Crippen molar-refractivity contribution in [3.63, 3.8) is 0 Å². The minimum atomic E-state index is -0.350. The monoisotopic (exact) mass is 446 g/mol. The number of thiocarbonyl (C=S) groups is 1. The lowest BCUT2D eigenvalue weighted by molar-refractivity contribution is -0.122. The largest absolute Gasteiger partial charge is 0.301 e. The maximum Gasteiger partial charge on any atom is 0.257 e. The van der Waals surface area contributed by atoms with E-state index in [1.807, 2.05) is 6.07 Å². The van der Waals surface area contributed by atoms with Crippen molar-refractivity contribution in [1.29, 1.82) is 0 Å². The van der Waals surface area contributed by atoms with Gasteiger partial charge in [0.05, 0.1) is 0 Å². The first-order chi connectivity index (χ1) is 14.4. The lowest BCUT2D eigenvalue weighted by Crippen LogP contribution is -2.48. The van der Waals surface area contributed by atoms with Crippen LogP contribution in [0.3, 0.4) is 0 Å². The zero-order valence-corrected chi connectivity index (χ0v) is 17.9. The van der Waals surface area contributed by atoms with Gasteiger partial charge in [-0.1, -0.05) is 29.5 Å². The lowest BCUT2D eigenvalue weighted by Gasteiger charge is -2.13. The van der Waals surface area contributed by atoms with E-state index >= 15 is 0 Å². The van der Waals surface area contributed by atoms with E-state index in [0.717, 1.165) is 24.3 Å². The second kappa shape index (κ2) is 10.2. The van der Waals surface area contributed by atoms with Crippen LogP contribution in [-0.4, -0.2) is 33.0 Å². The Morgan fingerprint density at radius 2 is 1.90 bits per heavy atom. The summed E-state index contributed by atoms with van der Waals surface area (Å²) in [7, 11) is 0. The SMILES string of the molecule is CC(=O)Nc1nnc(C2CCC(CC(=O)NNC(=S)NC(=O)c3ccccc3)C2)s1. The van der Waals surface area contributed by atoms with Crippen LogP contribution in [0.15, 0.2) is 30.3 Å². The maximum atomic E-state index is 12.2. The molecule has 1 aliphatic rings. The first-order valence-corrected chi connectivity index (χ1v) is 10.7. The second-order valence-corrected chi connectivity index (χ2v) is 8.45. The summed E-state index contributed by atoms with van der Waals surface area (Å²) in [5, 5.41) is 14.7. The molecular weight excluding hydrogens is 424 g/mol. The van der Waals surface area contributed by atoms with Crippen molar-refractivity contribution in [3.8, 4) is 0 Å². The average molecular weight is 447 g/mol. The predicted octanol–water partition coefficient (Wildman–Crippen LogP) is 2.11. The van der Waals surface area contributed by atoms with Gasteiger partial charge in [0.25, 0.3) is 5.91 Å². The molecule has 4 N–H and O–H groups in total. The summed E-state index contributed by atoms with van der Waals surface area (Å²) in [6.45, 7) is 1.43. The molecule has 1 aliphatic carbocycles. The first-order valence-electron chi connectivity index (χ1n) is 9.47. The summed E-state index contributed by atoms with van der Waals surface area (Å²) in [5.74, 6) is -0.270. The molecule has 2 atom stereocenters. The van der Waals surface area contributed by atoms with E-state index in [4.69, 9.17) is 12.2 Å². The molecule has 2 aromatic rings. The molecule has 1 saturated carbocycles. The van der Waals surface area contributed by atoms with Crippen LogP contribution in [0, 0.1) is 5.92 Å². The van der Waals surface area contributed by atoms with Gasteiger partial charge in [-0.3, -0.25) is 30.6 Å². The number of rotatable bonds is 5. The van der Waals surface area contributed by atoms with Crippen molar-refractivity contribution in [1.82, 2.24) is 26.4 Å². The van der Waals surface area contributed by atoms with Gasteiger partial charge in [-0.25, -0.2) is 0 Å². The zero-order valence-electron chi connectivity index (χ0n) is 16.3. The van der Waals surface area contributed by atoms with Gasteiger partial charge in [-0.15, -0.1) is 10.2 Å². The number of anilines is 1. The molecule has 30 heavy (non-hydrogen) atoms. The van der Waals surface area contributed by atoms with Gasteiger partial charge < -0.3 is 5.32 Å². The topological polar surface area (TPSA) is 125 Å². The van der Waals surface area contributed by atoms with E-state index in [9.17, 15) is 14.4 Å². The minimum Gasteiger partial charge on any atom is -0.301 e. The third-order valence-corrected chi connectivity index (χ3v) is 5.87. The number of nitrogens with one attached hydrogen (secondary N) is 4. The number of aromatic nitrogens is 2. The van der Waals surface area contributed by atoms with E-state index in [2.05, 4.69) is 31.7 Å². The summed E-state index contributed by atoms with van der Waals surface area (Å²) < 4.78 is 0. The van der Waals surface area contributed by atoms with Crippen molar-refractivity contribution in [2.75, 3.05) is 5.32 Å². The Hall–Kier alpha value is -2.92. The van der Waals surface area contributed by atoms with Crippen molar-refractivity contribution in [3.05, 3.63) is 40.9 Å². The summed E-state index contributed by atoms with van der Waals surface area (Å²) >= 11 is 6.42. The highest BCUT2D eigenvalue weighted by Crippen LogP contribution is 2.41. The highest BCUT2D eigenvalue weighted by atomic mass is 32.1. The third kappa shape index (κ3) is 6.29. The molecule has 3 rings (SSSR count). The van der Waals surface area contributed by atoms with Crippen LogP contribution in [-0.2, 0) is 9.59 Å². The number of carbonyl (C=O) groups excluding carboxylic acids is 3. The van der Waals surface area contributed by atoms with Crippen LogP contribution >= 0.6 is 23.6 Å². The van der Waals surface area contributed by atoms with Crippen LogP contribution in [0.1, 0.15) is 53.9 Å². The Morgan fingerprint density at radius 3 is 2.63 bits per heavy atom. The van der Waals surface area contributed by atoms with Crippen molar-refractivity contribution in [2.24, 2.45) is 5.92 Å². The van der Waals surface area contributed by atoms with Crippen molar-refractivity contribution in [2.45, 2.75) is 38.5 Å². The van der Waals surface area contributed by atoms with E-state index in [0.29, 0.717) is 17.1 Å². The average Bonchev–Trinajstić information content (AvgIpc) is 3.36. The molecule has 158 valence electrons. The molecule has 0 aliphatic heterocycles. The van der Waals surface area contributed by atoms with Gasteiger partial charge in [-0.05, 0) is 49.5 Å². The van der Waals surface area contributed by atoms with Gasteiger partial charge in [0.1, 0.15) is 5.01 Å². The Morgan fingerprint density at radius 1 is 1.13 bits per heavy atom. The fourth-order valence-corrected chi connectivity index (χ4v) is 4.40. The van der Waals surface area contributed by atoms with Crippen LogP contribution in [0.25, 0.3) is 0 Å². The third-order valence-electron chi connectivity index (χ3n) is 4.67. The number of carbonyl (C=O) groups is 3. The van der Waals surface area contributed by atoms with Crippen molar-refractivity contribution < 1.29 is 14.4 Å².